The molecule has 3 rings (SSSR count). The second-order valence-corrected chi connectivity index (χ2v) is 7.59. The SMILES string of the molecule is CCc1ccc(NC(CC(=O)c2ccc(OC)cc2)c2ccc(Cl)c(Cl)c2)cc1. The van der Waals surface area contributed by atoms with E-state index in [4.69, 9.17) is 27.9 Å². The quantitative estimate of drug-likeness (QED) is 0.393. The molecule has 0 spiro atoms. The van der Waals surface area contributed by atoms with Crippen LogP contribution in [0.3, 0.4) is 0 Å². The number of anilines is 1. The second-order valence-electron chi connectivity index (χ2n) is 6.78. The van der Waals surface area contributed by atoms with E-state index >= 15 is 0 Å². The number of hydrogen-bond acceptors (Lipinski definition) is 3. The van der Waals surface area contributed by atoms with Crippen molar-refractivity contribution in [2.45, 2.75) is 25.8 Å². The van der Waals surface area contributed by atoms with Gasteiger partial charge in [-0.05, 0) is 66.1 Å². The van der Waals surface area contributed by atoms with Gasteiger partial charge in [-0.1, -0.05) is 48.3 Å². The molecule has 0 bridgehead atoms. The van der Waals surface area contributed by atoms with Gasteiger partial charge >= 0.3 is 0 Å². The van der Waals surface area contributed by atoms with E-state index in [1.807, 2.05) is 24.3 Å². The largest absolute Gasteiger partial charge is 0.497 e. The fourth-order valence-corrected chi connectivity index (χ4v) is 3.41. The second kappa shape index (κ2) is 9.82. The standard InChI is InChI=1S/C24H23Cl2NO2/c1-3-16-4-9-19(10-5-16)27-23(18-8-13-21(25)22(26)14-18)15-24(28)17-6-11-20(29-2)12-7-17/h4-14,23,27H,3,15H2,1-2H3. The van der Waals surface area contributed by atoms with Crippen molar-refractivity contribution in [3.63, 3.8) is 0 Å². The molecular weight excluding hydrogens is 405 g/mol. The van der Waals surface area contributed by atoms with Crippen LogP contribution in [0.4, 0.5) is 5.69 Å². The molecule has 29 heavy (non-hydrogen) atoms. The Hall–Kier alpha value is -2.49. The number of halogens is 2. The Morgan fingerprint density at radius 2 is 1.66 bits per heavy atom. The fraction of sp³-hybridized carbons (Fsp3) is 0.208. The molecule has 0 aliphatic heterocycles. The Labute approximate surface area is 181 Å². The molecule has 5 heteroatoms. The van der Waals surface area contributed by atoms with Crippen LogP contribution in [0.25, 0.3) is 0 Å². The van der Waals surface area contributed by atoms with E-state index in [2.05, 4.69) is 24.4 Å². The van der Waals surface area contributed by atoms with E-state index in [0.29, 0.717) is 15.6 Å². The van der Waals surface area contributed by atoms with Gasteiger partial charge in [0, 0.05) is 17.7 Å². The minimum atomic E-state index is -0.244. The van der Waals surface area contributed by atoms with E-state index in [9.17, 15) is 4.79 Å². The molecular formula is C24H23Cl2NO2. The van der Waals surface area contributed by atoms with E-state index < -0.39 is 0 Å². The number of aryl methyl sites for hydroxylation is 1. The number of benzene rings is 3. The molecule has 3 nitrogen and oxygen atoms in total. The first kappa shape index (κ1) is 21.2. The van der Waals surface area contributed by atoms with Crippen LogP contribution >= 0.6 is 23.2 Å². The van der Waals surface area contributed by atoms with Crippen LogP contribution in [0.2, 0.25) is 10.0 Å². The molecule has 1 atom stereocenters. The summed E-state index contributed by atoms with van der Waals surface area (Å²) >= 11 is 12.3. The normalized spacial score (nSPS) is 11.7. The first-order valence-corrected chi connectivity index (χ1v) is 10.2. The number of hydrogen-bond donors (Lipinski definition) is 1. The molecule has 0 aromatic heterocycles. The molecule has 0 aliphatic rings. The third kappa shape index (κ3) is 5.53. The molecule has 1 unspecified atom stereocenters. The maximum Gasteiger partial charge on any atom is 0.165 e. The topological polar surface area (TPSA) is 38.3 Å². The van der Waals surface area contributed by atoms with Crippen LogP contribution in [-0.4, -0.2) is 12.9 Å². The highest BCUT2D eigenvalue weighted by Gasteiger charge is 2.18. The maximum atomic E-state index is 12.9. The number of ether oxygens (including phenoxy) is 1. The maximum absolute atomic E-state index is 12.9. The Morgan fingerprint density at radius 1 is 0.966 bits per heavy atom. The molecule has 0 aliphatic carbocycles. The summed E-state index contributed by atoms with van der Waals surface area (Å²) in [5.74, 6) is 0.748. The molecule has 0 heterocycles. The molecule has 3 aromatic carbocycles. The predicted molar refractivity (Wildman–Crippen MR) is 121 cm³/mol. The molecule has 1 N–H and O–H groups in total. The number of carbonyl (C=O) groups excluding carboxylic acids is 1. The van der Waals surface area contributed by atoms with Crippen molar-refractivity contribution in [1.29, 1.82) is 0 Å². The van der Waals surface area contributed by atoms with Crippen LogP contribution in [-0.2, 0) is 6.42 Å². The summed E-state index contributed by atoms with van der Waals surface area (Å²) < 4.78 is 5.17. The van der Waals surface area contributed by atoms with Gasteiger partial charge in [0.1, 0.15) is 5.75 Å². The van der Waals surface area contributed by atoms with Crippen LogP contribution in [0, 0.1) is 0 Å². The van der Waals surface area contributed by atoms with Gasteiger partial charge in [-0.25, -0.2) is 0 Å². The summed E-state index contributed by atoms with van der Waals surface area (Å²) in [6, 6.07) is 20.6. The third-order valence-electron chi connectivity index (χ3n) is 4.85. The van der Waals surface area contributed by atoms with Crippen LogP contribution in [0.1, 0.15) is 40.9 Å². The van der Waals surface area contributed by atoms with Crippen molar-refractivity contribution < 1.29 is 9.53 Å². The van der Waals surface area contributed by atoms with E-state index in [1.165, 1.54) is 5.56 Å². The average Bonchev–Trinajstić information content (AvgIpc) is 2.75. The van der Waals surface area contributed by atoms with Crippen molar-refractivity contribution >= 4 is 34.7 Å². The van der Waals surface area contributed by atoms with Crippen molar-refractivity contribution in [3.05, 3.63) is 93.5 Å². The lowest BCUT2D eigenvalue weighted by Gasteiger charge is -2.21. The summed E-state index contributed by atoms with van der Waals surface area (Å²) in [5, 5.41) is 4.42. The molecule has 150 valence electrons. The van der Waals surface area contributed by atoms with Gasteiger partial charge < -0.3 is 10.1 Å². The summed E-state index contributed by atoms with van der Waals surface area (Å²) in [7, 11) is 1.60. The van der Waals surface area contributed by atoms with Gasteiger partial charge in [0.05, 0.1) is 23.2 Å². The minimum Gasteiger partial charge on any atom is -0.497 e. The number of Topliss-reactive ketones (excluding diaryl/α,β-unsaturated/α-hetero) is 1. The van der Waals surface area contributed by atoms with E-state index in [1.54, 1.807) is 37.4 Å². The predicted octanol–water partition coefficient (Wildman–Crippen LogP) is 6.99. The van der Waals surface area contributed by atoms with Gasteiger partial charge in [0.25, 0.3) is 0 Å². The highest BCUT2D eigenvalue weighted by atomic mass is 35.5. The first-order valence-electron chi connectivity index (χ1n) is 9.48. The first-order chi connectivity index (χ1) is 14.0. The Balaban J connectivity index is 1.86. The van der Waals surface area contributed by atoms with Crippen LogP contribution in [0.15, 0.2) is 66.7 Å². The lowest BCUT2D eigenvalue weighted by atomic mass is 9.97. The number of carbonyl (C=O) groups is 1. The zero-order valence-electron chi connectivity index (χ0n) is 16.4. The molecule has 3 aromatic rings. The summed E-state index contributed by atoms with van der Waals surface area (Å²) in [5.41, 5.74) is 3.75. The van der Waals surface area contributed by atoms with Crippen molar-refractivity contribution in [2.24, 2.45) is 0 Å². The fourth-order valence-electron chi connectivity index (χ4n) is 3.10. The zero-order chi connectivity index (χ0) is 20.8. The van der Waals surface area contributed by atoms with Gasteiger partial charge in [-0.3, -0.25) is 4.79 Å². The summed E-state index contributed by atoms with van der Waals surface area (Å²) in [4.78, 5) is 12.9. The van der Waals surface area contributed by atoms with Gasteiger partial charge in [0.2, 0.25) is 0 Å². The highest BCUT2D eigenvalue weighted by Crippen LogP contribution is 2.30. The third-order valence-corrected chi connectivity index (χ3v) is 5.59. The van der Waals surface area contributed by atoms with Crippen molar-refractivity contribution in [2.75, 3.05) is 12.4 Å². The molecule has 0 amide bonds. The number of methoxy groups -OCH3 is 1. The summed E-state index contributed by atoms with van der Waals surface area (Å²) in [6.07, 6.45) is 1.26. The Kier molecular flexibility index (Phi) is 7.18. The minimum absolute atomic E-state index is 0.0291. The highest BCUT2D eigenvalue weighted by molar-refractivity contribution is 6.42. The molecule has 0 fully saturated rings. The van der Waals surface area contributed by atoms with E-state index in [-0.39, 0.29) is 18.2 Å². The number of ketones is 1. The van der Waals surface area contributed by atoms with Gasteiger partial charge in [-0.2, -0.15) is 0 Å². The van der Waals surface area contributed by atoms with Gasteiger partial charge in [0.15, 0.2) is 5.78 Å². The van der Waals surface area contributed by atoms with Crippen molar-refractivity contribution in [3.8, 4) is 5.75 Å². The van der Waals surface area contributed by atoms with E-state index in [0.717, 1.165) is 23.4 Å². The molecule has 0 saturated heterocycles. The monoisotopic (exact) mass is 427 g/mol. The number of nitrogens with one attached hydrogen (secondary N) is 1. The smallest absolute Gasteiger partial charge is 0.165 e. The lowest BCUT2D eigenvalue weighted by Crippen LogP contribution is -2.16. The molecule has 0 radical (unpaired) electrons. The Bertz CT molecular complexity index is 969. The van der Waals surface area contributed by atoms with Crippen LogP contribution in [0.5, 0.6) is 5.75 Å². The summed E-state index contributed by atoms with van der Waals surface area (Å²) in [6.45, 7) is 2.12. The Morgan fingerprint density at radius 3 is 2.24 bits per heavy atom. The zero-order valence-corrected chi connectivity index (χ0v) is 17.9. The molecule has 0 saturated carbocycles. The van der Waals surface area contributed by atoms with Crippen molar-refractivity contribution in [1.82, 2.24) is 0 Å². The lowest BCUT2D eigenvalue weighted by molar-refractivity contribution is 0.0976. The number of rotatable bonds is 8. The van der Waals surface area contributed by atoms with Crippen LogP contribution < -0.4 is 10.1 Å². The van der Waals surface area contributed by atoms with Gasteiger partial charge in [-0.15, -0.1) is 0 Å². The average molecular weight is 428 g/mol.